The second-order valence-electron chi connectivity index (χ2n) is 9.33. The van der Waals surface area contributed by atoms with Crippen LogP contribution in [0.1, 0.15) is 58.2 Å². The van der Waals surface area contributed by atoms with E-state index in [1.165, 1.54) is 0 Å². The largest absolute Gasteiger partial charge is 0.369 e. The SMILES string of the molecule is CC(C)(Cc1cccc(CC(C)(C)C(N)=O)c1CC(C)(C)C(N)=O)C(N)=O. The van der Waals surface area contributed by atoms with Crippen LogP contribution in [0.5, 0.6) is 0 Å². The summed E-state index contributed by atoms with van der Waals surface area (Å²) in [5.41, 5.74) is 17.2. The first kappa shape index (κ1) is 22.7. The third-order valence-corrected chi connectivity index (χ3v) is 5.25. The molecule has 0 aromatic heterocycles. The highest BCUT2D eigenvalue weighted by Gasteiger charge is 2.33. The summed E-state index contributed by atoms with van der Waals surface area (Å²) in [5.74, 6) is -1.21. The van der Waals surface area contributed by atoms with Crippen molar-refractivity contribution in [2.75, 3.05) is 0 Å². The van der Waals surface area contributed by atoms with Crippen molar-refractivity contribution >= 4 is 17.7 Å². The molecular weight excluding hydrogens is 342 g/mol. The maximum Gasteiger partial charge on any atom is 0.223 e. The molecule has 0 aliphatic heterocycles. The number of hydrogen-bond donors (Lipinski definition) is 3. The minimum absolute atomic E-state index is 0.398. The Hall–Kier alpha value is -2.37. The number of benzene rings is 1. The monoisotopic (exact) mass is 375 g/mol. The predicted molar refractivity (Wildman–Crippen MR) is 106 cm³/mol. The fourth-order valence-corrected chi connectivity index (χ4v) is 2.90. The normalized spacial score (nSPS) is 12.7. The smallest absolute Gasteiger partial charge is 0.223 e. The summed E-state index contributed by atoms with van der Waals surface area (Å²) in [7, 11) is 0. The first-order chi connectivity index (χ1) is 12.1. The lowest BCUT2D eigenvalue weighted by atomic mass is 9.75. The number of rotatable bonds is 9. The van der Waals surface area contributed by atoms with Gasteiger partial charge in [0, 0.05) is 16.2 Å². The molecular formula is C21H33N3O3. The van der Waals surface area contributed by atoms with Crippen molar-refractivity contribution in [2.24, 2.45) is 33.4 Å². The van der Waals surface area contributed by atoms with Gasteiger partial charge in [-0.25, -0.2) is 0 Å². The minimum atomic E-state index is -0.779. The van der Waals surface area contributed by atoms with Crippen LogP contribution in [0.4, 0.5) is 0 Å². The highest BCUT2D eigenvalue weighted by Crippen LogP contribution is 2.33. The van der Waals surface area contributed by atoms with Gasteiger partial charge in [0.2, 0.25) is 17.7 Å². The Morgan fingerprint density at radius 2 is 0.963 bits per heavy atom. The Labute approximate surface area is 161 Å². The number of amides is 3. The van der Waals surface area contributed by atoms with Crippen molar-refractivity contribution in [3.05, 3.63) is 34.9 Å². The van der Waals surface area contributed by atoms with Crippen molar-refractivity contribution in [1.82, 2.24) is 0 Å². The summed E-state index contributed by atoms with van der Waals surface area (Å²) in [6, 6.07) is 5.75. The van der Waals surface area contributed by atoms with Crippen molar-refractivity contribution in [2.45, 2.75) is 60.8 Å². The number of nitrogens with two attached hydrogens (primary N) is 3. The molecule has 6 N–H and O–H groups in total. The van der Waals surface area contributed by atoms with Gasteiger partial charge in [-0.2, -0.15) is 0 Å². The molecule has 1 aromatic carbocycles. The average Bonchev–Trinajstić information content (AvgIpc) is 2.49. The van der Waals surface area contributed by atoms with E-state index in [9.17, 15) is 14.4 Å². The summed E-state index contributed by atoms with van der Waals surface area (Å²) in [5, 5.41) is 0. The van der Waals surface area contributed by atoms with Gasteiger partial charge in [-0.1, -0.05) is 59.7 Å². The van der Waals surface area contributed by atoms with Crippen LogP contribution in [0.15, 0.2) is 18.2 Å². The number of hydrogen-bond acceptors (Lipinski definition) is 3. The predicted octanol–water partition coefficient (Wildman–Crippen LogP) is 1.85. The lowest BCUT2D eigenvalue weighted by molar-refractivity contribution is -0.127. The Kier molecular flexibility index (Phi) is 6.47. The molecule has 0 saturated heterocycles. The topological polar surface area (TPSA) is 129 Å². The molecule has 27 heavy (non-hydrogen) atoms. The molecule has 1 aromatic rings. The van der Waals surface area contributed by atoms with E-state index in [-0.39, 0.29) is 0 Å². The van der Waals surface area contributed by atoms with Crippen LogP contribution >= 0.6 is 0 Å². The van der Waals surface area contributed by atoms with E-state index in [0.29, 0.717) is 19.3 Å². The summed E-state index contributed by atoms with van der Waals surface area (Å²) in [6.45, 7) is 10.7. The fourth-order valence-electron chi connectivity index (χ4n) is 2.90. The van der Waals surface area contributed by atoms with Crippen molar-refractivity contribution in [3.63, 3.8) is 0 Å². The highest BCUT2D eigenvalue weighted by molar-refractivity contribution is 5.82. The van der Waals surface area contributed by atoms with E-state index < -0.39 is 34.0 Å². The van der Waals surface area contributed by atoms with E-state index >= 15 is 0 Å². The molecule has 6 heteroatoms. The van der Waals surface area contributed by atoms with Crippen LogP contribution in [0.25, 0.3) is 0 Å². The fraction of sp³-hybridized carbons (Fsp3) is 0.571. The quantitative estimate of drug-likeness (QED) is 0.609. The molecule has 0 spiro atoms. The van der Waals surface area contributed by atoms with E-state index in [0.717, 1.165) is 16.7 Å². The molecule has 0 bridgehead atoms. The van der Waals surface area contributed by atoms with E-state index in [4.69, 9.17) is 17.2 Å². The average molecular weight is 376 g/mol. The molecule has 6 nitrogen and oxygen atoms in total. The first-order valence-electron chi connectivity index (χ1n) is 9.09. The third kappa shape index (κ3) is 5.55. The zero-order valence-electron chi connectivity index (χ0n) is 17.3. The van der Waals surface area contributed by atoms with Gasteiger partial charge in [-0.3, -0.25) is 14.4 Å². The van der Waals surface area contributed by atoms with Gasteiger partial charge < -0.3 is 17.2 Å². The molecule has 0 radical (unpaired) electrons. The van der Waals surface area contributed by atoms with Gasteiger partial charge in [0.05, 0.1) is 0 Å². The number of primary amides is 3. The molecule has 0 aliphatic rings. The van der Waals surface area contributed by atoms with Gasteiger partial charge in [0.25, 0.3) is 0 Å². The number of carbonyl (C=O) groups excluding carboxylic acids is 3. The second kappa shape index (κ2) is 7.71. The Bertz CT molecular complexity index is 703. The molecule has 150 valence electrons. The Morgan fingerprint density at radius 1 is 0.667 bits per heavy atom. The lowest BCUT2D eigenvalue weighted by Gasteiger charge is -2.29. The zero-order chi connectivity index (χ0) is 21.2. The van der Waals surface area contributed by atoms with E-state index in [1.54, 1.807) is 41.5 Å². The second-order valence-corrected chi connectivity index (χ2v) is 9.33. The molecule has 3 amide bonds. The summed E-state index contributed by atoms with van der Waals surface area (Å²) >= 11 is 0. The van der Waals surface area contributed by atoms with Gasteiger partial charge in [-0.15, -0.1) is 0 Å². The Balaban J connectivity index is 3.51. The van der Waals surface area contributed by atoms with Crippen molar-refractivity contribution < 1.29 is 14.4 Å². The molecule has 0 unspecified atom stereocenters. The van der Waals surface area contributed by atoms with Crippen molar-refractivity contribution in [1.29, 1.82) is 0 Å². The van der Waals surface area contributed by atoms with E-state index in [1.807, 2.05) is 18.2 Å². The molecule has 0 atom stereocenters. The van der Waals surface area contributed by atoms with Crippen LogP contribution in [0.2, 0.25) is 0 Å². The van der Waals surface area contributed by atoms with Crippen LogP contribution in [0, 0.1) is 16.2 Å². The van der Waals surface area contributed by atoms with Gasteiger partial charge in [0.15, 0.2) is 0 Å². The summed E-state index contributed by atoms with van der Waals surface area (Å²) in [6.07, 6.45) is 1.26. The molecule has 1 rings (SSSR count). The molecule has 0 heterocycles. The maximum absolute atomic E-state index is 11.9. The highest BCUT2D eigenvalue weighted by atomic mass is 16.2. The van der Waals surface area contributed by atoms with E-state index in [2.05, 4.69) is 0 Å². The summed E-state index contributed by atoms with van der Waals surface area (Å²) < 4.78 is 0. The standard InChI is InChI=1S/C21H33N3O3/c1-19(2,16(22)25)10-13-8-7-9-14(11-20(3,4)17(23)26)15(13)12-21(5,6)18(24)27/h7-9H,10-12H2,1-6H3,(H2,22,25)(H2,23,26)(H2,24,27). The zero-order valence-corrected chi connectivity index (χ0v) is 17.3. The van der Waals surface area contributed by atoms with Gasteiger partial charge in [-0.05, 0) is 36.0 Å². The van der Waals surface area contributed by atoms with Crippen LogP contribution in [0.3, 0.4) is 0 Å². The minimum Gasteiger partial charge on any atom is -0.369 e. The first-order valence-corrected chi connectivity index (χ1v) is 9.09. The number of carbonyl (C=O) groups is 3. The van der Waals surface area contributed by atoms with Crippen LogP contribution < -0.4 is 17.2 Å². The van der Waals surface area contributed by atoms with Gasteiger partial charge in [0.1, 0.15) is 0 Å². The Morgan fingerprint density at radius 3 is 1.26 bits per heavy atom. The van der Waals surface area contributed by atoms with Crippen LogP contribution in [-0.2, 0) is 33.6 Å². The van der Waals surface area contributed by atoms with Crippen LogP contribution in [-0.4, -0.2) is 17.7 Å². The van der Waals surface area contributed by atoms with Gasteiger partial charge >= 0.3 is 0 Å². The maximum atomic E-state index is 11.9. The molecule has 0 aliphatic carbocycles. The van der Waals surface area contributed by atoms with Crippen molar-refractivity contribution in [3.8, 4) is 0 Å². The molecule has 0 saturated carbocycles. The summed E-state index contributed by atoms with van der Waals surface area (Å²) in [4.78, 5) is 35.5. The third-order valence-electron chi connectivity index (χ3n) is 5.25. The molecule has 0 fully saturated rings. The lowest BCUT2D eigenvalue weighted by Crippen LogP contribution is -2.37.